The van der Waals surface area contributed by atoms with Gasteiger partial charge in [0, 0.05) is 19.0 Å². The Balaban J connectivity index is 1.91. The molecule has 1 fully saturated rings. The second kappa shape index (κ2) is 6.54. The zero-order valence-electron chi connectivity index (χ0n) is 11.9. The lowest BCUT2D eigenvalue weighted by atomic mass is 10.0. The lowest BCUT2D eigenvalue weighted by molar-refractivity contribution is -0.117. The first-order chi connectivity index (χ1) is 11.0. The van der Waals surface area contributed by atoms with Gasteiger partial charge in [-0.1, -0.05) is 17.7 Å². The molecule has 23 heavy (non-hydrogen) atoms. The maximum absolute atomic E-state index is 12.5. The Morgan fingerprint density at radius 1 is 1.48 bits per heavy atom. The summed E-state index contributed by atoms with van der Waals surface area (Å²) in [5.41, 5.74) is 1.79. The van der Waals surface area contributed by atoms with Gasteiger partial charge in [0.1, 0.15) is 18.0 Å². The van der Waals surface area contributed by atoms with Gasteiger partial charge in [-0.2, -0.15) is 0 Å². The lowest BCUT2D eigenvalue weighted by Gasteiger charge is -2.19. The summed E-state index contributed by atoms with van der Waals surface area (Å²) >= 11 is 7.45. The monoisotopic (exact) mass is 361 g/mol. The Morgan fingerprint density at radius 2 is 2.26 bits per heavy atom. The summed E-state index contributed by atoms with van der Waals surface area (Å²) in [6, 6.07) is 2.74. The number of alkyl halides is 2. The normalized spacial score (nSPS) is 21.0. The number of amides is 1. The molecule has 124 valence electrons. The molecule has 1 amide bonds. The standard InChI is InChI=1S/C14H14ClF2N3O2S/c15-13-9(7-3-8(18-5-7)4-11(16)17)1-2-10(21)14(13)20-6-12(22)19-23-20/h1-3,8,11,18,21H,4-6H2,(H,19,22)/t8-/m0/s1. The van der Waals surface area contributed by atoms with Gasteiger partial charge < -0.3 is 10.4 Å². The highest BCUT2D eigenvalue weighted by Crippen LogP contribution is 2.43. The highest BCUT2D eigenvalue weighted by Gasteiger charge is 2.28. The molecule has 0 aliphatic carbocycles. The number of phenols is 1. The number of phenolic OH excluding ortho intramolecular Hbond substituents is 1. The average Bonchev–Trinajstić information content (AvgIpc) is 3.08. The Kier molecular flexibility index (Phi) is 4.65. The molecule has 3 N–H and O–H groups in total. The van der Waals surface area contributed by atoms with E-state index in [0.29, 0.717) is 22.8 Å². The fraction of sp³-hybridized carbons (Fsp3) is 0.357. The van der Waals surface area contributed by atoms with Gasteiger partial charge in [-0.3, -0.25) is 13.8 Å². The summed E-state index contributed by atoms with van der Waals surface area (Å²) in [4.78, 5) is 11.3. The van der Waals surface area contributed by atoms with Crippen LogP contribution in [-0.4, -0.2) is 36.6 Å². The smallest absolute Gasteiger partial charge is 0.251 e. The van der Waals surface area contributed by atoms with Crippen molar-refractivity contribution in [3.8, 4) is 5.75 Å². The molecule has 1 saturated heterocycles. The maximum Gasteiger partial charge on any atom is 0.251 e. The zero-order valence-corrected chi connectivity index (χ0v) is 13.4. The molecule has 1 atom stereocenters. The van der Waals surface area contributed by atoms with E-state index in [9.17, 15) is 18.7 Å². The van der Waals surface area contributed by atoms with Gasteiger partial charge in [0.25, 0.3) is 5.91 Å². The van der Waals surface area contributed by atoms with Crippen molar-refractivity contribution in [3.05, 3.63) is 28.8 Å². The van der Waals surface area contributed by atoms with Crippen molar-refractivity contribution in [2.45, 2.75) is 18.9 Å². The van der Waals surface area contributed by atoms with Crippen LogP contribution in [0, 0.1) is 0 Å². The molecule has 3 rings (SSSR count). The molecule has 1 aromatic carbocycles. The molecular formula is C14H14ClF2N3O2S. The van der Waals surface area contributed by atoms with Crippen LogP contribution in [0.3, 0.4) is 0 Å². The van der Waals surface area contributed by atoms with Gasteiger partial charge >= 0.3 is 0 Å². The van der Waals surface area contributed by atoms with Crippen molar-refractivity contribution in [3.63, 3.8) is 0 Å². The number of benzene rings is 1. The van der Waals surface area contributed by atoms with E-state index in [4.69, 9.17) is 11.6 Å². The molecule has 1 aromatic rings. The summed E-state index contributed by atoms with van der Waals surface area (Å²) in [6.45, 7) is 0.498. The molecule has 0 aromatic heterocycles. The SMILES string of the molecule is O=C1CN(c2c(O)ccc(C3=C[C@@H](CC(F)F)NC3)c2Cl)SN1. The number of nitrogens with zero attached hydrogens (tertiary/aromatic N) is 1. The summed E-state index contributed by atoms with van der Waals surface area (Å²) in [5.74, 6) is -0.229. The quantitative estimate of drug-likeness (QED) is 0.719. The number of nitrogens with one attached hydrogen (secondary N) is 2. The van der Waals surface area contributed by atoms with Crippen LogP contribution in [0.5, 0.6) is 5.75 Å². The van der Waals surface area contributed by atoms with Crippen LogP contribution >= 0.6 is 23.7 Å². The largest absolute Gasteiger partial charge is 0.506 e. The average molecular weight is 362 g/mol. The third-order valence-corrected chi connectivity index (χ3v) is 4.87. The zero-order chi connectivity index (χ0) is 16.6. The first-order valence-electron chi connectivity index (χ1n) is 6.93. The van der Waals surface area contributed by atoms with Crippen LogP contribution in [0.4, 0.5) is 14.5 Å². The van der Waals surface area contributed by atoms with Crippen molar-refractivity contribution in [1.82, 2.24) is 10.0 Å². The molecule has 0 bridgehead atoms. The van der Waals surface area contributed by atoms with E-state index in [2.05, 4.69) is 10.0 Å². The van der Waals surface area contributed by atoms with Crippen LogP contribution in [0.25, 0.3) is 5.57 Å². The van der Waals surface area contributed by atoms with Crippen LogP contribution in [0.1, 0.15) is 12.0 Å². The van der Waals surface area contributed by atoms with Crippen molar-refractivity contribution in [1.29, 1.82) is 0 Å². The molecule has 0 spiro atoms. The molecule has 2 aliphatic rings. The van der Waals surface area contributed by atoms with Crippen molar-refractivity contribution < 1.29 is 18.7 Å². The molecule has 0 unspecified atom stereocenters. The van der Waals surface area contributed by atoms with Crippen LogP contribution in [0.2, 0.25) is 5.02 Å². The van der Waals surface area contributed by atoms with Crippen molar-refractivity contribution in [2.75, 3.05) is 17.4 Å². The Hall–Kier alpha value is -1.51. The maximum atomic E-state index is 12.5. The minimum Gasteiger partial charge on any atom is -0.506 e. The number of anilines is 1. The number of aromatic hydroxyl groups is 1. The topological polar surface area (TPSA) is 64.6 Å². The highest BCUT2D eigenvalue weighted by atomic mass is 35.5. The number of hydrogen-bond donors (Lipinski definition) is 3. The second-order valence-corrected chi connectivity index (χ2v) is 6.46. The first kappa shape index (κ1) is 16.4. The minimum atomic E-state index is -2.38. The predicted octanol–water partition coefficient (Wildman–Crippen LogP) is 2.56. The van der Waals surface area contributed by atoms with E-state index in [1.54, 1.807) is 16.4 Å². The van der Waals surface area contributed by atoms with Crippen LogP contribution < -0.4 is 14.3 Å². The summed E-state index contributed by atoms with van der Waals surface area (Å²) in [7, 11) is 0. The summed E-state index contributed by atoms with van der Waals surface area (Å²) in [5, 5.41) is 13.4. The number of halogens is 3. The van der Waals surface area contributed by atoms with Gasteiger partial charge in [-0.25, -0.2) is 8.78 Å². The van der Waals surface area contributed by atoms with Gasteiger partial charge in [-0.05, 0) is 23.3 Å². The van der Waals surface area contributed by atoms with E-state index < -0.39 is 12.5 Å². The number of carbonyl (C=O) groups is 1. The van der Waals surface area contributed by atoms with Gasteiger partial charge in [0.15, 0.2) is 0 Å². The van der Waals surface area contributed by atoms with E-state index in [1.165, 1.54) is 6.07 Å². The van der Waals surface area contributed by atoms with Crippen molar-refractivity contribution in [2.24, 2.45) is 0 Å². The molecular weight excluding hydrogens is 348 g/mol. The molecule has 2 aliphatic heterocycles. The lowest BCUT2D eigenvalue weighted by Crippen LogP contribution is -2.24. The third-order valence-electron chi connectivity index (χ3n) is 3.64. The third kappa shape index (κ3) is 3.39. The Bertz CT molecular complexity index is 672. The number of rotatable bonds is 4. The Labute approximate surface area is 140 Å². The second-order valence-electron chi connectivity index (χ2n) is 5.25. The Morgan fingerprint density at radius 3 is 2.91 bits per heavy atom. The number of carbonyl (C=O) groups excluding carboxylic acids is 1. The fourth-order valence-corrected chi connectivity index (χ4v) is 3.76. The predicted molar refractivity (Wildman–Crippen MR) is 86.6 cm³/mol. The van der Waals surface area contributed by atoms with E-state index in [-0.39, 0.29) is 24.6 Å². The molecule has 9 heteroatoms. The first-order valence-corrected chi connectivity index (χ1v) is 8.08. The van der Waals surface area contributed by atoms with Gasteiger partial charge in [-0.15, -0.1) is 0 Å². The summed E-state index contributed by atoms with van der Waals surface area (Å²) < 4.78 is 29.1. The van der Waals surface area contributed by atoms with Crippen molar-refractivity contribution >= 4 is 40.9 Å². The number of hydrogen-bond acceptors (Lipinski definition) is 5. The minimum absolute atomic E-state index is 0.0431. The molecule has 0 radical (unpaired) electrons. The van der Waals surface area contributed by atoms with E-state index >= 15 is 0 Å². The molecule has 5 nitrogen and oxygen atoms in total. The van der Waals surface area contributed by atoms with Gasteiger partial charge in [0.05, 0.1) is 17.2 Å². The molecule has 2 heterocycles. The van der Waals surface area contributed by atoms with Crippen LogP contribution in [-0.2, 0) is 4.79 Å². The summed E-state index contributed by atoms with van der Waals surface area (Å²) in [6.07, 6.45) is -0.909. The fourth-order valence-electron chi connectivity index (χ4n) is 2.60. The highest BCUT2D eigenvalue weighted by molar-refractivity contribution is 7.99. The van der Waals surface area contributed by atoms with Crippen LogP contribution in [0.15, 0.2) is 18.2 Å². The van der Waals surface area contributed by atoms with E-state index in [0.717, 1.165) is 17.7 Å². The molecule has 0 saturated carbocycles. The van der Waals surface area contributed by atoms with E-state index in [1.807, 2.05) is 0 Å². The van der Waals surface area contributed by atoms with Gasteiger partial charge in [0.2, 0.25) is 6.43 Å².